The number of hydrogen-bond donors (Lipinski definition) is 1. The van der Waals surface area contributed by atoms with Gasteiger partial charge in [0.2, 0.25) is 0 Å². The van der Waals surface area contributed by atoms with Gasteiger partial charge in [-0.1, -0.05) is 45.9 Å². The predicted octanol–water partition coefficient (Wildman–Crippen LogP) is 4.00. The van der Waals surface area contributed by atoms with Gasteiger partial charge in [0, 0.05) is 12.1 Å². The molecule has 0 aromatic heterocycles. The van der Waals surface area contributed by atoms with Crippen LogP contribution in [0.25, 0.3) is 0 Å². The summed E-state index contributed by atoms with van der Waals surface area (Å²) in [5.74, 6) is 1.02. The second-order valence-corrected chi connectivity index (χ2v) is 5.94. The highest BCUT2D eigenvalue weighted by atomic mass is 16.5. The van der Waals surface area contributed by atoms with E-state index in [0.717, 1.165) is 38.3 Å². The molecule has 0 saturated heterocycles. The first-order chi connectivity index (χ1) is 8.53. The van der Waals surface area contributed by atoms with Crippen LogP contribution in [0.4, 0.5) is 0 Å². The summed E-state index contributed by atoms with van der Waals surface area (Å²) in [5.41, 5.74) is 1.58. The SMILES string of the molecule is CCCNCc1ccccc1OCCC(C)(C)C. The van der Waals surface area contributed by atoms with Gasteiger partial charge in [0.25, 0.3) is 0 Å². The van der Waals surface area contributed by atoms with Crippen molar-refractivity contribution in [1.82, 2.24) is 5.32 Å². The van der Waals surface area contributed by atoms with E-state index in [4.69, 9.17) is 4.74 Å². The van der Waals surface area contributed by atoms with Crippen LogP contribution in [0.15, 0.2) is 24.3 Å². The summed E-state index contributed by atoms with van der Waals surface area (Å²) in [5, 5.41) is 3.42. The Kier molecular flexibility index (Phi) is 6.20. The van der Waals surface area contributed by atoms with Crippen LogP contribution in [0.2, 0.25) is 0 Å². The Morgan fingerprint density at radius 3 is 2.56 bits per heavy atom. The number of nitrogens with one attached hydrogen (secondary N) is 1. The fourth-order valence-electron chi connectivity index (χ4n) is 1.66. The Balaban J connectivity index is 2.48. The second kappa shape index (κ2) is 7.42. The van der Waals surface area contributed by atoms with Gasteiger partial charge in [-0.15, -0.1) is 0 Å². The molecule has 0 aliphatic heterocycles. The van der Waals surface area contributed by atoms with E-state index in [0.29, 0.717) is 5.41 Å². The highest BCUT2D eigenvalue weighted by Crippen LogP contribution is 2.22. The summed E-state index contributed by atoms with van der Waals surface area (Å²) in [6, 6.07) is 8.30. The largest absolute Gasteiger partial charge is 0.493 e. The highest BCUT2D eigenvalue weighted by Gasteiger charge is 2.10. The van der Waals surface area contributed by atoms with E-state index in [1.165, 1.54) is 5.56 Å². The van der Waals surface area contributed by atoms with Gasteiger partial charge in [0.1, 0.15) is 5.75 Å². The summed E-state index contributed by atoms with van der Waals surface area (Å²) >= 11 is 0. The highest BCUT2D eigenvalue weighted by molar-refractivity contribution is 5.33. The molecule has 18 heavy (non-hydrogen) atoms. The van der Waals surface area contributed by atoms with Crippen LogP contribution in [0.3, 0.4) is 0 Å². The Labute approximate surface area is 112 Å². The Bertz CT molecular complexity index is 341. The van der Waals surface area contributed by atoms with Gasteiger partial charge in [-0.3, -0.25) is 0 Å². The van der Waals surface area contributed by atoms with E-state index in [9.17, 15) is 0 Å². The van der Waals surface area contributed by atoms with E-state index >= 15 is 0 Å². The molecular weight excluding hydrogens is 222 g/mol. The molecule has 1 aromatic rings. The van der Waals surface area contributed by atoms with Gasteiger partial charge in [0.15, 0.2) is 0 Å². The van der Waals surface area contributed by atoms with Gasteiger partial charge in [-0.2, -0.15) is 0 Å². The number of rotatable bonds is 7. The van der Waals surface area contributed by atoms with Gasteiger partial charge >= 0.3 is 0 Å². The maximum absolute atomic E-state index is 5.90. The first kappa shape index (κ1) is 15.0. The van der Waals surface area contributed by atoms with Gasteiger partial charge in [0.05, 0.1) is 6.61 Å². The molecule has 0 atom stereocenters. The Morgan fingerprint density at radius 2 is 1.89 bits per heavy atom. The van der Waals surface area contributed by atoms with Crippen molar-refractivity contribution in [1.29, 1.82) is 0 Å². The first-order valence-corrected chi connectivity index (χ1v) is 6.94. The molecule has 102 valence electrons. The standard InChI is InChI=1S/C16H27NO/c1-5-11-17-13-14-8-6-7-9-15(14)18-12-10-16(2,3)4/h6-9,17H,5,10-13H2,1-4H3. The maximum atomic E-state index is 5.90. The molecular formula is C16H27NO. The summed E-state index contributed by atoms with van der Waals surface area (Å²) in [4.78, 5) is 0. The molecule has 0 amide bonds. The number of para-hydroxylation sites is 1. The molecule has 0 unspecified atom stereocenters. The predicted molar refractivity (Wildman–Crippen MR) is 78.0 cm³/mol. The summed E-state index contributed by atoms with van der Waals surface area (Å²) in [7, 11) is 0. The molecule has 2 nitrogen and oxygen atoms in total. The van der Waals surface area contributed by atoms with Crippen LogP contribution in [0.1, 0.15) is 46.1 Å². The van der Waals surface area contributed by atoms with E-state index in [1.807, 2.05) is 6.07 Å². The fourth-order valence-corrected chi connectivity index (χ4v) is 1.66. The average molecular weight is 249 g/mol. The van der Waals surface area contributed by atoms with Crippen molar-refractivity contribution in [2.45, 2.75) is 47.1 Å². The summed E-state index contributed by atoms with van der Waals surface area (Å²) in [6.45, 7) is 11.6. The van der Waals surface area contributed by atoms with Crippen molar-refractivity contribution in [3.63, 3.8) is 0 Å². The van der Waals surface area contributed by atoms with Gasteiger partial charge in [-0.25, -0.2) is 0 Å². The van der Waals surface area contributed by atoms with Gasteiger partial charge < -0.3 is 10.1 Å². The molecule has 1 N–H and O–H groups in total. The first-order valence-electron chi connectivity index (χ1n) is 6.94. The minimum atomic E-state index is 0.329. The third kappa shape index (κ3) is 6.06. The fraction of sp³-hybridized carbons (Fsp3) is 0.625. The van der Waals surface area contributed by atoms with Crippen LogP contribution in [-0.2, 0) is 6.54 Å². The molecule has 1 rings (SSSR count). The van der Waals surface area contributed by atoms with Crippen LogP contribution in [0, 0.1) is 5.41 Å². The lowest BCUT2D eigenvalue weighted by atomic mass is 9.93. The van der Waals surface area contributed by atoms with Crippen LogP contribution in [-0.4, -0.2) is 13.2 Å². The molecule has 0 radical (unpaired) electrons. The van der Waals surface area contributed by atoms with Crippen LogP contribution >= 0.6 is 0 Å². The molecule has 0 spiro atoms. The van der Waals surface area contributed by atoms with Crippen molar-refractivity contribution < 1.29 is 4.74 Å². The van der Waals surface area contributed by atoms with E-state index < -0.39 is 0 Å². The number of ether oxygens (including phenoxy) is 1. The third-order valence-electron chi connectivity index (χ3n) is 2.82. The van der Waals surface area contributed by atoms with Crippen molar-refractivity contribution >= 4 is 0 Å². The van der Waals surface area contributed by atoms with Gasteiger partial charge in [-0.05, 0) is 30.9 Å². The molecule has 0 aliphatic carbocycles. The lowest BCUT2D eigenvalue weighted by Crippen LogP contribution is -2.16. The average Bonchev–Trinajstić information content (AvgIpc) is 2.30. The molecule has 2 heteroatoms. The Morgan fingerprint density at radius 1 is 1.17 bits per heavy atom. The van der Waals surface area contributed by atoms with Crippen molar-refractivity contribution in [2.24, 2.45) is 5.41 Å². The molecule has 0 saturated carbocycles. The monoisotopic (exact) mass is 249 g/mol. The third-order valence-corrected chi connectivity index (χ3v) is 2.82. The zero-order valence-electron chi connectivity index (χ0n) is 12.3. The zero-order chi connectivity index (χ0) is 13.4. The second-order valence-electron chi connectivity index (χ2n) is 5.94. The minimum absolute atomic E-state index is 0.329. The Hall–Kier alpha value is -1.02. The minimum Gasteiger partial charge on any atom is -0.493 e. The van der Waals surface area contributed by atoms with Crippen molar-refractivity contribution in [3.8, 4) is 5.75 Å². The smallest absolute Gasteiger partial charge is 0.123 e. The van der Waals surface area contributed by atoms with Crippen LogP contribution in [0.5, 0.6) is 5.75 Å². The lowest BCUT2D eigenvalue weighted by Gasteiger charge is -2.19. The molecule has 1 aromatic carbocycles. The maximum Gasteiger partial charge on any atom is 0.123 e. The van der Waals surface area contributed by atoms with E-state index in [1.54, 1.807) is 0 Å². The van der Waals surface area contributed by atoms with Crippen molar-refractivity contribution in [3.05, 3.63) is 29.8 Å². The topological polar surface area (TPSA) is 21.3 Å². The van der Waals surface area contributed by atoms with Crippen molar-refractivity contribution in [2.75, 3.05) is 13.2 Å². The molecule has 0 heterocycles. The molecule has 0 aliphatic rings. The quantitative estimate of drug-likeness (QED) is 0.737. The zero-order valence-corrected chi connectivity index (χ0v) is 12.3. The normalized spacial score (nSPS) is 11.6. The number of benzene rings is 1. The molecule has 0 bridgehead atoms. The van der Waals surface area contributed by atoms with E-state index in [-0.39, 0.29) is 0 Å². The lowest BCUT2D eigenvalue weighted by molar-refractivity contribution is 0.241. The van der Waals surface area contributed by atoms with E-state index in [2.05, 4.69) is 51.2 Å². The summed E-state index contributed by atoms with van der Waals surface area (Å²) < 4.78 is 5.90. The molecule has 0 fully saturated rings. The summed E-state index contributed by atoms with van der Waals surface area (Å²) in [6.07, 6.45) is 2.23. The number of hydrogen-bond acceptors (Lipinski definition) is 2. The van der Waals surface area contributed by atoms with Crippen LogP contribution < -0.4 is 10.1 Å².